The number of aryl methyl sites for hydroxylation is 2. The minimum Gasteiger partial charge on any atom is -0.426 e. The van der Waals surface area contributed by atoms with Crippen LogP contribution in [0.3, 0.4) is 0 Å². The summed E-state index contributed by atoms with van der Waals surface area (Å²) in [6.45, 7) is 6.74. The molecule has 0 spiro atoms. The number of amides is 1. The number of rotatable bonds is 6. The molecular formula is C11H19N3O2. The van der Waals surface area contributed by atoms with Crippen LogP contribution >= 0.6 is 0 Å². The van der Waals surface area contributed by atoms with Crippen molar-refractivity contribution >= 4 is 5.91 Å². The van der Waals surface area contributed by atoms with E-state index < -0.39 is 0 Å². The minimum atomic E-state index is 0.0384. The van der Waals surface area contributed by atoms with Crippen molar-refractivity contribution in [3.8, 4) is 0 Å². The van der Waals surface area contributed by atoms with Crippen LogP contribution in [0, 0.1) is 12.8 Å². The van der Waals surface area contributed by atoms with Gasteiger partial charge in [0, 0.05) is 26.3 Å². The number of carbonyl (C=O) groups excluding carboxylic acids is 1. The fraction of sp³-hybridized carbons (Fsp3) is 0.727. The zero-order chi connectivity index (χ0) is 12.0. The molecule has 0 fully saturated rings. The molecule has 1 aromatic heterocycles. The third-order valence-electron chi connectivity index (χ3n) is 2.18. The zero-order valence-electron chi connectivity index (χ0n) is 10.1. The molecule has 0 aliphatic heterocycles. The van der Waals surface area contributed by atoms with Gasteiger partial charge in [0.25, 0.3) is 0 Å². The number of carbonyl (C=O) groups is 1. The molecule has 5 heteroatoms. The van der Waals surface area contributed by atoms with Gasteiger partial charge in [0.1, 0.15) is 0 Å². The second kappa shape index (κ2) is 6.25. The maximum atomic E-state index is 11.4. The first kappa shape index (κ1) is 12.7. The number of hydrogen-bond acceptors (Lipinski definition) is 4. The highest BCUT2D eigenvalue weighted by Gasteiger charge is 2.06. The Labute approximate surface area is 95.6 Å². The van der Waals surface area contributed by atoms with Crippen LogP contribution in [0.5, 0.6) is 0 Å². The molecular weight excluding hydrogens is 206 g/mol. The van der Waals surface area contributed by atoms with Crippen LogP contribution < -0.4 is 5.32 Å². The lowest BCUT2D eigenvalue weighted by atomic mass is 10.1. The molecule has 5 nitrogen and oxygen atoms in total. The maximum Gasteiger partial charge on any atom is 0.220 e. The first-order valence-electron chi connectivity index (χ1n) is 5.63. The van der Waals surface area contributed by atoms with Gasteiger partial charge in [-0.25, -0.2) is 0 Å². The number of aromatic nitrogens is 2. The highest BCUT2D eigenvalue weighted by Crippen LogP contribution is 2.01. The molecule has 90 valence electrons. The lowest BCUT2D eigenvalue weighted by Crippen LogP contribution is -2.25. The molecule has 0 saturated carbocycles. The second-order valence-corrected chi connectivity index (χ2v) is 4.25. The van der Waals surface area contributed by atoms with Crippen LogP contribution in [0.4, 0.5) is 0 Å². The molecule has 1 N–H and O–H groups in total. The standard InChI is InChI=1S/C11H19N3O2/c1-8(2)6-7-12-10(15)4-5-11-14-13-9(3)16-11/h8H,4-7H2,1-3H3,(H,12,15). The van der Waals surface area contributed by atoms with Crippen molar-refractivity contribution < 1.29 is 9.21 Å². The van der Waals surface area contributed by atoms with E-state index in [1.54, 1.807) is 6.92 Å². The Morgan fingerprint density at radius 1 is 1.44 bits per heavy atom. The largest absolute Gasteiger partial charge is 0.426 e. The Hall–Kier alpha value is -1.39. The summed E-state index contributed by atoms with van der Waals surface area (Å²) in [5.41, 5.74) is 0. The predicted molar refractivity (Wildman–Crippen MR) is 59.8 cm³/mol. The average molecular weight is 225 g/mol. The molecule has 1 aromatic rings. The Bertz CT molecular complexity index is 334. The van der Waals surface area contributed by atoms with Gasteiger partial charge in [-0.1, -0.05) is 13.8 Å². The van der Waals surface area contributed by atoms with Crippen LogP contribution in [0.1, 0.15) is 38.5 Å². The molecule has 1 amide bonds. The Kier molecular flexibility index (Phi) is 4.95. The van der Waals surface area contributed by atoms with Crippen molar-refractivity contribution in [2.45, 2.75) is 40.0 Å². The number of hydrogen-bond donors (Lipinski definition) is 1. The van der Waals surface area contributed by atoms with Crippen LogP contribution in [0.25, 0.3) is 0 Å². The molecule has 0 saturated heterocycles. The van der Waals surface area contributed by atoms with Crippen molar-refractivity contribution in [2.24, 2.45) is 5.92 Å². The summed E-state index contributed by atoms with van der Waals surface area (Å²) >= 11 is 0. The first-order valence-corrected chi connectivity index (χ1v) is 5.63. The summed E-state index contributed by atoms with van der Waals surface area (Å²) in [6, 6.07) is 0. The van der Waals surface area contributed by atoms with Gasteiger partial charge in [0.15, 0.2) is 0 Å². The summed E-state index contributed by atoms with van der Waals surface area (Å²) in [5.74, 6) is 1.71. The SMILES string of the molecule is Cc1nnc(CCC(=O)NCCC(C)C)o1. The van der Waals surface area contributed by atoms with Crippen LogP contribution in [0.2, 0.25) is 0 Å². The summed E-state index contributed by atoms with van der Waals surface area (Å²) < 4.78 is 5.17. The average Bonchev–Trinajstić information content (AvgIpc) is 2.61. The van der Waals surface area contributed by atoms with Crippen LogP contribution in [-0.2, 0) is 11.2 Å². The molecule has 0 aliphatic rings. The van der Waals surface area contributed by atoms with Crippen molar-refractivity contribution in [2.75, 3.05) is 6.54 Å². The zero-order valence-corrected chi connectivity index (χ0v) is 10.1. The van der Waals surface area contributed by atoms with Crippen molar-refractivity contribution in [3.63, 3.8) is 0 Å². The third kappa shape index (κ3) is 4.91. The topological polar surface area (TPSA) is 68.0 Å². The molecule has 1 heterocycles. The van der Waals surface area contributed by atoms with Crippen molar-refractivity contribution in [1.82, 2.24) is 15.5 Å². The molecule has 1 rings (SSSR count). The van der Waals surface area contributed by atoms with E-state index in [-0.39, 0.29) is 5.91 Å². The summed E-state index contributed by atoms with van der Waals surface area (Å²) in [6.07, 6.45) is 1.92. The number of nitrogens with zero attached hydrogens (tertiary/aromatic N) is 2. The van der Waals surface area contributed by atoms with E-state index in [0.717, 1.165) is 13.0 Å². The molecule has 0 radical (unpaired) electrons. The minimum absolute atomic E-state index is 0.0384. The summed E-state index contributed by atoms with van der Waals surface area (Å²) in [7, 11) is 0. The van der Waals surface area contributed by atoms with Gasteiger partial charge in [-0.3, -0.25) is 4.79 Å². The maximum absolute atomic E-state index is 11.4. The van der Waals surface area contributed by atoms with E-state index in [0.29, 0.717) is 30.5 Å². The lowest BCUT2D eigenvalue weighted by Gasteiger charge is -2.05. The van der Waals surface area contributed by atoms with Gasteiger partial charge in [-0.15, -0.1) is 10.2 Å². The molecule has 0 aliphatic carbocycles. The van der Waals surface area contributed by atoms with Crippen LogP contribution in [0.15, 0.2) is 4.42 Å². The van der Waals surface area contributed by atoms with E-state index in [2.05, 4.69) is 29.4 Å². The van der Waals surface area contributed by atoms with Gasteiger partial charge < -0.3 is 9.73 Å². The Morgan fingerprint density at radius 2 is 2.19 bits per heavy atom. The van der Waals surface area contributed by atoms with E-state index >= 15 is 0 Å². The first-order chi connectivity index (χ1) is 7.58. The van der Waals surface area contributed by atoms with Crippen molar-refractivity contribution in [3.05, 3.63) is 11.8 Å². The smallest absolute Gasteiger partial charge is 0.220 e. The van der Waals surface area contributed by atoms with Crippen molar-refractivity contribution in [1.29, 1.82) is 0 Å². The molecule has 0 aromatic carbocycles. The molecule has 0 atom stereocenters. The Morgan fingerprint density at radius 3 is 2.75 bits per heavy atom. The fourth-order valence-electron chi connectivity index (χ4n) is 1.25. The second-order valence-electron chi connectivity index (χ2n) is 4.25. The molecule has 0 bridgehead atoms. The summed E-state index contributed by atoms with van der Waals surface area (Å²) in [5, 5.41) is 10.4. The number of nitrogens with one attached hydrogen (secondary N) is 1. The monoisotopic (exact) mass is 225 g/mol. The third-order valence-corrected chi connectivity index (χ3v) is 2.18. The van der Waals surface area contributed by atoms with E-state index in [9.17, 15) is 4.79 Å². The van der Waals surface area contributed by atoms with Gasteiger partial charge in [0.05, 0.1) is 0 Å². The van der Waals surface area contributed by atoms with Gasteiger partial charge in [-0.2, -0.15) is 0 Å². The quantitative estimate of drug-likeness (QED) is 0.796. The van der Waals surface area contributed by atoms with E-state index in [1.807, 2.05) is 0 Å². The van der Waals surface area contributed by atoms with Gasteiger partial charge >= 0.3 is 0 Å². The molecule has 0 unspecified atom stereocenters. The van der Waals surface area contributed by atoms with E-state index in [4.69, 9.17) is 4.42 Å². The predicted octanol–water partition coefficient (Wildman–Crippen LogP) is 1.47. The Balaban J connectivity index is 2.15. The van der Waals surface area contributed by atoms with E-state index in [1.165, 1.54) is 0 Å². The van der Waals surface area contributed by atoms with Crippen LogP contribution in [-0.4, -0.2) is 22.6 Å². The summed E-state index contributed by atoms with van der Waals surface area (Å²) in [4.78, 5) is 11.4. The van der Waals surface area contributed by atoms with Gasteiger partial charge in [-0.05, 0) is 12.3 Å². The fourth-order valence-corrected chi connectivity index (χ4v) is 1.25. The highest BCUT2D eigenvalue weighted by molar-refractivity contribution is 5.75. The normalized spacial score (nSPS) is 10.8. The highest BCUT2D eigenvalue weighted by atomic mass is 16.4. The van der Waals surface area contributed by atoms with Gasteiger partial charge in [0.2, 0.25) is 17.7 Å². The molecule has 16 heavy (non-hydrogen) atoms. The lowest BCUT2D eigenvalue weighted by molar-refractivity contribution is -0.121.